The lowest BCUT2D eigenvalue weighted by atomic mass is 9.89. The van der Waals surface area contributed by atoms with E-state index in [1.807, 2.05) is 0 Å². The molecule has 0 amide bonds. The topological polar surface area (TPSA) is 34.1 Å². The minimum Gasteiger partial charge on any atom is -0.212 e. The van der Waals surface area contributed by atoms with Crippen molar-refractivity contribution < 1.29 is 17.2 Å². The van der Waals surface area contributed by atoms with Crippen LogP contribution in [0.15, 0.2) is 0 Å². The predicted octanol–water partition coefficient (Wildman–Crippen LogP) is 2.38. The van der Waals surface area contributed by atoms with E-state index in [-0.39, 0.29) is 25.7 Å². The van der Waals surface area contributed by atoms with Crippen molar-refractivity contribution in [2.24, 2.45) is 5.92 Å². The summed E-state index contributed by atoms with van der Waals surface area (Å²) >= 11 is 0. The molecule has 0 aromatic rings. The maximum absolute atomic E-state index is 12.2. The van der Waals surface area contributed by atoms with Crippen LogP contribution in [0.4, 0.5) is 8.78 Å². The van der Waals surface area contributed by atoms with Gasteiger partial charge in [-0.2, -0.15) is 0 Å². The Labute approximate surface area is 80.7 Å². The third-order valence-corrected chi connectivity index (χ3v) is 4.50. The molecular formula is C7H11ClF2O2S. The molecule has 1 aliphatic rings. The van der Waals surface area contributed by atoms with Crippen LogP contribution in [0, 0.1) is 5.92 Å². The molecule has 0 radical (unpaired) electrons. The van der Waals surface area contributed by atoms with Crippen molar-refractivity contribution in [3.63, 3.8) is 0 Å². The normalized spacial score (nSPS) is 30.8. The highest BCUT2D eigenvalue weighted by Crippen LogP contribution is 2.33. The second kappa shape index (κ2) is 4.09. The maximum Gasteiger partial charge on any atom is 0.241 e. The van der Waals surface area contributed by atoms with Gasteiger partial charge in [-0.1, -0.05) is 0 Å². The molecule has 1 fully saturated rings. The van der Waals surface area contributed by atoms with Gasteiger partial charge in [0.25, 0.3) is 0 Å². The molecule has 78 valence electrons. The maximum atomic E-state index is 12.2. The van der Waals surface area contributed by atoms with Crippen LogP contribution < -0.4 is 0 Å². The van der Waals surface area contributed by atoms with E-state index < -0.39 is 26.6 Å². The van der Waals surface area contributed by atoms with Crippen molar-refractivity contribution in [2.45, 2.75) is 37.4 Å². The number of alkyl halides is 2. The fourth-order valence-corrected chi connectivity index (χ4v) is 2.99. The van der Waals surface area contributed by atoms with Gasteiger partial charge in [-0.3, -0.25) is 0 Å². The van der Waals surface area contributed by atoms with Crippen molar-refractivity contribution in [1.29, 1.82) is 0 Å². The molecule has 2 nitrogen and oxygen atoms in total. The van der Waals surface area contributed by atoms with Gasteiger partial charge in [0, 0.05) is 16.6 Å². The second-order valence-corrected chi connectivity index (χ2v) is 6.26. The van der Waals surface area contributed by atoms with Crippen LogP contribution in [0.5, 0.6) is 0 Å². The van der Waals surface area contributed by atoms with E-state index in [0.717, 1.165) is 0 Å². The van der Waals surface area contributed by atoms with Gasteiger partial charge in [-0.25, -0.2) is 17.2 Å². The first kappa shape index (κ1) is 11.2. The molecule has 0 heterocycles. The summed E-state index contributed by atoms with van der Waals surface area (Å²) in [6.45, 7) is 0. The average Bonchev–Trinajstić information content (AvgIpc) is 2.03. The first-order valence-corrected chi connectivity index (χ1v) is 6.50. The molecule has 0 bridgehead atoms. The highest BCUT2D eigenvalue weighted by Gasteiger charge is 2.32. The van der Waals surface area contributed by atoms with Crippen LogP contribution >= 0.6 is 10.7 Å². The van der Waals surface area contributed by atoms with Crippen LogP contribution in [0.25, 0.3) is 0 Å². The minimum absolute atomic E-state index is 0.258. The van der Waals surface area contributed by atoms with Gasteiger partial charge in [-0.15, -0.1) is 0 Å². The zero-order valence-corrected chi connectivity index (χ0v) is 8.49. The zero-order chi connectivity index (χ0) is 10.1. The monoisotopic (exact) mass is 232 g/mol. The Hall–Kier alpha value is 0.1000. The van der Waals surface area contributed by atoms with E-state index in [9.17, 15) is 17.2 Å². The highest BCUT2D eigenvalue weighted by atomic mass is 35.7. The second-order valence-electron chi connectivity index (χ2n) is 3.35. The standard InChI is InChI=1S/C7H11ClF2O2S/c8-13(11,12)6-3-1-5(2-4-6)7(9)10/h5-7H,1-4H2. The first-order chi connectivity index (χ1) is 5.91. The van der Waals surface area contributed by atoms with Crippen molar-refractivity contribution in [2.75, 3.05) is 0 Å². The van der Waals surface area contributed by atoms with Crippen LogP contribution in [0.3, 0.4) is 0 Å². The molecule has 0 N–H and O–H groups in total. The van der Waals surface area contributed by atoms with Crippen molar-refractivity contribution >= 4 is 19.7 Å². The summed E-state index contributed by atoms with van der Waals surface area (Å²) < 4.78 is 46.0. The summed E-state index contributed by atoms with van der Waals surface area (Å²) in [4.78, 5) is 0. The third kappa shape index (κ3) is 3.06. The molecule has 0 aromatic heterocycles. The molecular weight excluding hydrogens is 222 g/mol. The molecule has 1 rings (SSSR count). The van der Waals surface area contributed by atoms with Crippen LogP contribution in [0.2, 0.25) is 0 Å². The zero-order valence-electron chi connectivity index (χ0n) is 6.92. The van der Waals surface area contributed by atoms with Crippen LogP contribution in [-0.4, -0.2) is 20.1 Å². The molecule has 6 heteroatoms. The van der Waals surface area contributed by atoms with Gasteiger partial charge in [0.15, 0.2) is 0 Å². The lowest BCUT2D eigenvalue weighted by molar-refractivity contribution is 0.0568. The van der Waals surface area contributed by atoms with Crippen molar-refractivity contribution in [3.8, 4) is 0 Å². The molecule has 13 heavy (non-hydrogen) atoms. The van der Waals surface area contributed by atoms with Crippen LogP contribution in [0.1, 0.15) is 25.7 Å². The van der Waals surface area contributed by atoms with Gasteiger partial charge in [0.2, 0.25) is 15.5 Å². The molecule has 1 saturated carbocycles. The largest absolute Gasteiger partial charge is 0.241 e. The summed E-state index contributed by atoms with van der Waals surface area (Å²) in [5, 5.41) is -0.621. The van der Waals surface area contributed by atoms with E-state index in [4.69, 9.17) is 10.7 Å². The summed E-state index contributed by atoms with van der Waals surface area (Å²) in [5.74, 6) is -0.644. The molecule has 0 saturated heterocycles. The van der Waals surface area contributed by atoms with Crippen LogP contribution in [-0.2, 0) is 9.05 Å². The highest BCUT2D eigenvalue weighted by molar-refractivity contribution is 8.14. The van der Waals surface area contributed by atoms with Crippen molar-refractivity contribution in [1.82, 2.24) is 0 Å². The van der Waals surface area contributed by atoms with Crippen molar-refractivity contribution in [3.05, 3.63) is 0 Å². The summed E-state index contributed by atoms with van der Waals surface area (Å²) in [6.07, 6.45) is -1.29. The number of rotatable bonds is 2. The van der Waals surface area contributed by atoms with E-state index in [2.05, 4.69) is 0 Å². The molecule has 0 unspecified atom stereocenters. The van der Waals surface area contributed by atoms with E-state index >= 15 is 0 Å². The molecule has 0 atom stereocenters. The molecule has 0 aromatic carbocycles. The molecule has 0 aliphatic heterocycles. The van der Waals surface area contributed by atoms with Gasteiger partial charge in [0.1, 0.15) is 0 Å². The van der Waals surface area contributed by atoms with E-state index in [0.29, 0.717) is 0 Å². The van der Waals surface area contributed by atoms with E-state index in [1.54, 1.807) is 0 Å². The molecule has 1 aliphatic carbocycles. The Morgan fingerprint density at radius 2 is 1.62 bits per heavy atom. The summed E-state index contributed by atoms with van der Waals surface area (Å²) in [5.41, 5.74) is 0. The predicted molar refractivity (Wildman–Crippen MR) is 46.5 cm³/mol. The Bertz CT molecular complexity index is 258. The molecule has 0 spiro atoms. The Morgan fingerprint density at radius 1 is 1.15 bits per heavy atom. The quantitative estimate of drug-likeness (QED) is 0.685. The van der Waals surface area contributed by atoms with Gasteiger partial charge in [-0.05, 0) is 25.7 Å². The summed E-state index contributed by atoms with van der Waals surface area (Å²) in [6, 6.07) is 0. The minimum atomic E-state index is -3.55. The first-order valence-electron chi connectivity index (χ1n) is 4.13. The van der Waals surface area contributed by atoms with Gasteiger partial charge < -0.3 is 0 Å². The summed E-state index contributed by atoms with van der Waals surface area (Å²) in [7, 11) is 1.58. The lowest BCUT2D eigenvalue weighted by Gasteiger charge is -2.25. The van der Waals surface area contributed by atoms with Gasteiger partial charge in [0.05, 0.1) is 5.25 Å². The fraction of sp³-hybridized carbons (Fsp3) is 1.00. The average molecular weight is 233 g/mol. The SMILES string of the molecule is O=S(=O)(Cl)C1CCC(C(F)F)CC1. The Kier molecular flexibility index (Phi) is 3.51. The number of hydrogen-bond donors (Lipinski definition) is 0. The lowest BCUT2D eigenvalue weighted by Crippen LogP contribution is -2.26. The van der Waals surface area contributed by atoms with Gasteiger partial charge >= 0.3 is 0 Å². The Morgan fingerprint density at radius 3 is 1.92 bits per heavy atom. The number of hydrogen-bond acceptors (Lipinski definition) is 2. The van der Waals surface area contributed by atoms with E-state index in [1.165, 1.54) is 0 Å². The number of halogens is 3. The Balaban J connectivity index is 2.49. The smallest absolute Gasteiger partial charge is 0.212 e. The third-order valence-electron chi connectivity index (χ3n) is 2.47. The fourth-order valence-electron chi connectivity index (χ4n) is 1.62.